The monoisotopic (exact) mass is 273 g/mol. The van der Waals surface area contributed by atoms with Gasteiger partial charge in [0.15, 0.2) is 0 Å². The van der Waals surface area contributed by atoms with Crippen molar-refractivity contribution in [3.8, 4) is 0 Å². The van der Waals surface area contributed by atoms with Gasteiger partial charge in [-0.2, -0.15) is 0 Å². The van der Waals surface area contributed by atoms with E-state index in [-0.39, 0.29) is 11.9 Å². The fourth-order valence-corrected chi connectivity index (χ4v) is 2.51. The van der Waals surface area contributed by atoms with Gasteiger partial charge in [0.2, 0.25) is 5.91 Å². The Morgan fingerprint density at radius 3 is 2.50 bits per heavy atom. The maximum atomic E-state index is 12.2. The van der Waals surface area contributed by atoms with Crippen LogP contribution in [-0.4, -0.2) is 55.0 Å². The molecule has 1 aromatic carbocycles. The molecular formula is C16H23N3O. The Morgan fingerprint density at radius 1 is 1.30 bits per heavy atom. The second-order valence-corrected chi connectivity index (χ2v) is 5.09. The summed E-state index contributed by atoms with van der Waals surface area (Å²) in [5.41, 5.74) is 1.33. The highest BCUT2D eigenvalue weighted by atomic mass is 16.2. The minimum absolute atomic E-state index is 0.127. The maximum Gasteiger partial charge on any atom is 0.243 e. The zero-order valence-corrected chi connectivity index (χ0v) is 12.1. The number of piperazine rings is 1. The second-order valence-electron chi connectivity index (χ2n) is 5.09. The Morgan fingerprint density at radius 2 is 1.95 bits per heavy atom. The molecule has 0 aliphatic carbocycles. The molecule has 1 saturated heterocycles. The van der Waals surface area contributed by atoms with E-state index >= 15 is 0 Å². The molecule has 108 valence electrons. The lowest BCUT2D eigenvalue weighted by atomic mass is 10.2. The summed E-state index contributed by atoms with van der Waals surface area (Å²) in [6.45, 7) is 8.08. The van der Waals surface area contributed by atoms with Gasteiger partial charge < -0.3 is 10.2 Å². The van der Waals surface area contributed by atoms with Crippen LogP contribution in [0.15, 0.2) is 43.0 Å². The Kier molecular flexibility index (Phi) is 5.32. The standard InChI is InChI=1S/C16H23N3O/c1-3-15(17-2)16(20)19-11-9-18(10-12-19)13-14-7-5-4-6-8-14/h3-8,15,17H,1,9-13H2,2H3/t15-/m1/s1. The molecule has 1 aromatic rings. The Balaban J connectivity index is 1.83. The molecule has 20 heavy (non-hydrogen) atoms. The summed E-state index contributed by atoms with van der Waals surface area (Å²) in [6, 6.07) is 10.2. The second kappa shape index (κ2) is 7.22. The van der Waals surface area contributed by atoms with E-state index < -0.39 is 0 Å². The summed E-state index contributed by atoms with van der Waals surface area (Å²) in [5, 5.41) is 2.98. The van der Waals surface area contributed by atoms with Crippen molar-refractivity contribution < 1.29 is 4.79 Å². The summed E-state index contributed by atoms with van der Waals surface area (Å²) in [4.78, 5) is 16.5. The fourth-order valence-electron chi connectivity index (χ4n) is 2.51. The molecule has 1 N–H and O–H groups in total. The molecule has 1 fully saturated rings. The quantitative estimate of drug-likeness (QED) is 0.816. The molecule has 1 heterocycles. The number of carbonyl (C=O) groups is 1. The Hall–Kier alpha value is -1.65. The molecular weight excluding hydrogens is 250 g/mol. The molecule has 0 saturated carbocycles. The number of hydrogen-bond acceptors (Lipinski definition) is 3. The largest absolute Gasteiger partial charge is 0.338 e. The van der Waals surface area contributed by atoms with Crippen LogP contribution in [0.1, 0.15) is 5.56 Å². The predicted octanol–water partition coefficient (Wildman–Crippen LogP) is 1.10. The number of rotatable bonds is 5. The van der Waals surface area contributed by atoms with Crippen LogP contribution < -0.4 is 5.32 Å². The van der Waals surface area contributed by atoms with Crippen molar-refractivity contribution >= 4 is 5.91 Å². The summed E-state index contributed by atoms with van der Waals surface area (Å²) < 4.78 is 0. The lowest BCUT2D eigenvalue weighted by Gasteiger charge is -2.36. The molecule has 1 aliphatic rings. The van der Waals surface area contributed by atoms with E-state index in [9.17, 15) is 4.79 Å². The van der Waals surface area contributed by atoms with Gasteiger partial charge in [-0.05, 0) is 12.6 Å². The highest BCUT2D eigenvalue weighted by Gasteiger charge is 2.24. The number of amides is 1. The number of hydrogen-bond donors (Lipinski definition) is 1. The summed E-state index contributed by atoms with van der Waals surface area (Å²) >= 11 is 0. The van der Waals surface area contributed by atoms with Gasteiger partial charge in [0.05, 0.1) is 0 Å². The van der Waals surface area contributed by atoms with Crippen LogP contribution in [0.3, 0.4) is 0 Å². The van der Waals surface area contributed by atoms with E-state index in [1.165, 1.54) is 5.56 Å². The maximum absolute atomic E-state index is 12.2. The zero-order chi connectivity index (χ0) is 14.4. The molecule has 4 nitrogen and oxygen atoms in total. The van der Waals surface area contributed by atoms with Crippen molar-refractivity contribution in [2.24, 2.45) is 0 Å². The molecule has 2 rings (SSSR count). The van der Waals surface area contributed by atoms with Crippen LogP contribution in [0.4, 0.5) is 0 Å². The average Bonchev–Trinajstić information content (AvgIpc) is 2.50. The number of nitrogens with zero attached hydrogens (tertiary/aromatic N) is 2. The van der Waals surface area contributed by atoms with Crippen LogP contribution in [0, 0.1) is 0 Å². The van der Waals surface area contributed by atoms with Crippen LogP contribution in [0.2, 0.25) is 0 Å². The number of likely N-dealkylation sites (N-methyl/N-ethyl adjacent to an activating group) is 1. The van der Waals surface area contributed by atoms with E-state index in [4.69, 9.17) is 0 Å². The third-order valence-corrected chi connectivity index (χ3v) is 3.75. The Bertz CT molecular complexity index is 438. The van der Waals surface area contributed by atoms with Crippen LogP contribution in [0.5, 0.6) is 0 Å². The summed E-state index contributed by atoms with van der Waals surface area (Å²) in [7, 11) is 1.79. The SMILES string of the molecule is C=C[C@@H](NC)C(=O)N1CCN(Cc2ccccc2)CC1. The smallest absolute Gasteiger partial charge is 0.243 e. The van der Waals surface area contributed by atoms with Gasteiger partial charge in [0.25, 0.3) is 0 Å². The van der Waals surface area contributed by atoms with E-state index in [0.717, 1.165) is 32.7 Å². The molecule has 0 spiro atoms. The van der Waals surface area contributed by atoms with Crippen LogP contribution in [-0.2, 0) is 11.3 Å². The molecule has 1 amide bonds. The molecule has 0 bridgehead atoms. The normalized spacial score (nSPS) is 17.8. The predicted molar refractivity (Wildman–Crippen MR) is 81.3 cm³/mol. The van der Waals surface area contributed by atoms with Crippen LogP contribution >= 0.6 is 0 Å². The van der Waals surface area contributed by atoms with Crippen molar-refractivity contribution in [3.05, 3.63) is 48.6 Å². The van der Waals surface area contributed by atoms with Crippen molar-refractivity contribution in [3.63, 3.8) is 0 Å². The molecule has 0 unspecified atom stereocenters. The molecule has 1 atom stereocenters. The Labute approximate surface area is 121 Å². The molecule has 0 radical (unpaired) electrons. The van der Waals surface area contributed by atoms with Gasteiger partial charge in [0.1, 0.15) is 6.04 Å². The van der Waals surface area contributed by atoms with Gasteiger partial charge in [0, 0.05) is 32.7 Å². The summed E-state index contributed by atoms with van der Waals surface area (Å²) in [6.07, 6.45) is 1.67. The van der Waals surface area contributed by atoms with E-state index in [1.807, 2.05) is 11.0 Å². The highest BCUT2D eigenvalue weighted by molar-refractivity contribution is 5.83. The number of nitrogens with one attached hydrogen (secondary N) is 1. The van der Waals surface area contributed by atoms with Gasteiger partial charge >= 0.3 is 0 Å². The molecule has 0 aromatic heterocycles. The lowest BCUT2D eigenvalue weighted by molar-refractivity contribution is -0.133. The number of carbonyl (C=O) groups excluding carboxylic acids is 1. The third-order valence-electron chi connectivity index (χ3n) is 3.75. The van der Waals surface area contributed by atoms with Gasteiger partial charge in [-0.1, -0.05) is 36.4 Å². The first kappa shape index (κ1) is 14.8. The zero-order valence-electron chi connectivity index (χ0n) is 12.1. The lowest BCUT2D eigenvalue weighted by Crippen LogP contribution is -2.52. The minimum Gasteiger partial charge on any atom is -0.338 e. The van der Waals surface area contributed by atoms with E-state index in [0.29, 0.717) is 0 Å². The summed E-state index contributed by atoms with van der Waals surface area (Å²) in [5.74, 6) is 0.127. The van der Waals surface area contributed by atoms with Crippen LogP contribution in [0.25, 0.3) is 0 Å². The van der Waals surface area contributed by atoms with E-state index in [1.54, 1.807) is 13.1 Å². The van der Waals surface area contributed by atoms with Crippen molar-refractivity contribution in [2.45, 2.75) is 12.6 Å². The van der Waals surface area contributed by atoms with Crippen molar-refractivity contribution in [1.82, 2.24) is 15.1 Å². The molecule has 4 heteroatoms. The fraction of sp³-hybridized carbons (Fsp3) is 0.438. The minimum atomic E-state index is -0.268. The van der Waals surface area contributed by atoms with E-state index in [2.05, 4.69) is 41.1 Å². The highest BCUT2D eigenvalue weighted by Crippen LogP contribution is 2.09. The van der Waals surface area contributed by atoms with Gasteiger partial charge in [-0.3, -0.25) is 9.69 Å². The first-order chi connectivity index (χ1) is 9.74. The third kappa shape index (κ3) is 3.68. The van der Waals surface area contributed by atoms with Gasteiger partial charge in [-0.15, -0.1) is 6.58 Å². The van der Waals surface area contributed by atoms with Crippen molar-refractivity contribution in [1.29, 1.82) is 0 Å². The van der Waals surface area contributed by atoms with Crippen molar-refractivity contribution in [2.75, 3.05) is 33.2 Å². The van der Waals surface area contributed by atoms with Gasteiger partial charge in [-0.25, -0.2) is 0 Å². The number of benzene rings is 1. The molecule has 1 aliphatic heterocycles. The average molecular weight is 273 g/mol. The topological polar surface area (TPSA) is 35.6 Å². The first-order valence-corrected chi connectivity index (χ1v) is 7.09. The first-order valence-electron chi connectivity index (χ1n) is 7.09.